The fourth-order valence-electron chi connectivity index (χ4n) is 7.03. The molecule has 1 spiro atoms. The Hall–Kier alpha value is -4.19. The molecule has 0 heterocycles. The first-order chi connectivity index (χ1) is 19.0. The summed E-state index contributed by atoms with van der Waals surface area (Å²) in [6, 6.07) is 46.7. The molecule has 0 saturated carbocycles. The second-order valence-electron chi connectivity index (χ2n) is 11.2. The van der Waals surface area contributed by atoms with Gasteiger partial charge in [0.05, 0.1) is 5.41 Å². The van der Waals surface area contributed by atoms with Gasteiger partial charge in [-0.2, -0.15) is 0 Å². The van der Waals surface area contributed by atoms with E-state index in [1.165, 1.54) is 60.8 Å². The normalized spacial score (nSPS) is 14.2. The number of rotatable bonds is 2. The first kappa shape index (κ1) is 22.8. The fraction of sp³-hybridized carbons (Fsp3) is 0.0811. The largest absolute Gasteiger partial charge is 0.319 e. The Morgan fingerprint density at radius 3 is 1.54 bits per heavy atom. The number of fused-ring (bicyclic) bond motifs is 11. The van der Waals surface area contributed by atoms with Crippen LogP contribution in [0.1, 0.15) is 22.3 Å². The maximum Gasteiger partial charge on any atom is 0.109 e. The minimum absolute atomic E-state index is 0.309. The first-order valence-electron chi connectivity index (χ1n) is 13.5. The zero-order valence-corrected chi connectivity index (χ0v) is 22.9. The maximum atomic E-state index is 12.5. The quantitative estimate of drug-likeness (QED) is 0.209. The molecular formula is C37H27OP. The lowest BCUT2D eigenvalue weighted by molar-refractivity contribution is 0.588. The van der Waals surface area contributed by atoms with Gasteiger partial charge in [-0.1, -0.05) is 109 Å². The van der Waals surface area contributed by atoms with E-state index in [0.717, 1.165) is 10.9 Å². The third kappa shape index (κ3) is 3.06. The van der Waals surface area contributed by atoms with Gasteiger partial charge >= 0.3 is 0 Å². The van der Waals surface area contributed by atoms with Crippen LogP contribution in [-0.2, 0) is 9.98 Å². The lowest BCUT2D eigenvalue weighted by atomic mass is 9.70. The van der Waals surface area contributed by atoms with Crippen LogP contribution in [0.15, 0.2) is 127 Å². The van der Waals surface area contributed by atoms with Gasteiger partial charge in [0, 0.05) is 5.30 Å². The minimum Gasteiger partial charge on any atom is -0.319 e. The lowest BCUT2D eigenvalue weighted by Gasteiger charge is -2.30. The maximum absolute atomic E-state index is 12.5. The van der Waals surface area contributed by atoms with Crippen molar-refractivity contribution in [2.75, 3.05) is 13.3 Å². The summed E-state index contributed by atoms with van der Waals surface area (Å²) >= 11 is 0. The molecule has 1 nitrogen and oxygen atoms in total. The van der Waals surface area contributed by atoms with Crippen molar-refractivity contribution >= 4 is 23.2 Å². The Balaban J connectivity index is 1.38. The van der Waals surface area contributed by atoms with Gasteiger partial charge in [-0.15, -0.1) is 0 Å². The molecule has 0 saturated heterocycles. The average molecular weight is 519 g/mol. The van der Waals surface area contributed by atoms with Crippen LogP contribution in [0, 0.1) is 0 Å². The summed E-state index contributed by atoms with van der Waals surface area (Å²) < 4.78 is 12.5. The SMILES string of the molecule is CP(C)(=O)c1ccc(-c2ccc3cc4c(cc3c2)-c2ccccc2C42c3ccccc3-c3ccccc32)cc1. The van der Waals surface area contributed by atoms with Crippen molar-refractivity contribution in [2.45, 2.75) is 5.41 Å². The van der Waals surface area contributed by atoms with E-state index < -0.39 is 7.14 Å². The van der Waals surface area contributed by atoms with E-state index >= 15 is 0 Å². The smallest absolute Gasteiger partial charge is 0.109 e. The van der Waals surface area contributed by atoms with Gasteiger partial charge in [0.1, 0.15) is 7.14 Å². The summed E-state index contributed by atoms with van der Waals surface area (Å²) in [5.74, 6) is 0. The van der Waals surface area contributed by atoms with E-state index in [9.17, 15) is 4.57 Å². The van der Waals surface area contributed by atoms with Crippen LogP contribution in [0.4, 0.5) is 0 Å². The zero-order valence-electron chi connectivity index (χ0n) is 22.0. The molecule has 0 atom stereocenters. The molecule has 6 aromatic carbocycles. The Labute approximate surface area is 229 Å². The highest BCUT2D eigenvalue weighted by molar-refractivity contribution is 7.70. The molecule has 2 aliphatic rings. The van der Waals surface area contributed by atoms with Crippen LogP contribution >= 0.6 is 7.14 Å². The second-order valence-corrected chi connectivity index (χ2v) is 14.5. The molecule has 186 valence electrons. The van der Waals surface area contributed by atoms with Crippen molar-refractivity contribution < 1.29 is 4.57 Å². The van der Waals surface area contributed by atoms with Crippen LogP contribution in [0.2, 0.25) is 0 Å². The molecule has 0 aliphatic heterocycles. The standard InChI is InChI=1S/C37H27OP/c1-39(2,38)28-19-17-24(18-20-28)25-15-16-26-23-36-32(22-27(26)21-25)31-11-5-8-14-35(31)37(36)33-12-6-3-9-29(33)30-10-4-7-13-34(30)37/h3-23H,1-2H3. The molecule has 8 rings (SSSR count). The summed E-state index contributed by atoms with van der Waals surface area (Å²) in [5.41, 5.74) is 12.8. The van der Waals surface area contributed by atoms with E-state index in [1.54, 1.807) is 0 Å². The van der Waals surface area contributed by atoms with Crippen molar-refractivity contribution in [3.8, 4) is 33.4 Å². The van der Waals surface area contributed by atoms with Crippen molar-refractivity contribution in [1.82, 2.24) is 0 Å². The molecule has 0 fully saturated rings. The molecule has 2 heteroatoms. The Morgan fingerprint density at radius 2 is 0.974 bits per heavy atom. The van der Waals surface area contributed by atoms with E-state index in [-0.39, 0.29) is 5.41 Å². The summed E-state index contributed by atoms with van der Waals surface area (Å²) in [5, 5.41) is 3.40. The molecule has 0 bridgehead atoms. The first-order valence-corrected chi connectivity index (χ1v) is 16.1. The van der Waals surface area contributed by atoms with Gasteiger partial charge < -0.3 is 4.57 Å². The summed E-state index contributed by atoms with van der Waals surface area (Å²) in [7, 11) is -2.27. The number of hydrogen-bond acceptors (Lipinski definition) is 1. The van der Waals surface area contributed by atoms with Gasteiger partial charge in [-0.05, 0) is 97.9 Å². The van der Waals surface area contributed by atoms with E-state index in [4.69, 9.17) is 0 Å². The minimum atomic E-state index is -2.27. The molecule has 39 heavy (non-hydrogen) atoms. The highest BCUT2D eigenvalue weighted by Crippen LogP contribution is 2.63. The summed E-state index contributed by atoms with van der Waals surface area (Å²) in [6.07, 6.45) is 0. The third-order valence-corrected chi connectivity index (χ3v) is 10.3. The molecule has 2 aliphatic carbocycles. The van der Waals surface area contributed by atoms with Gasteiger partial charge in [0.25, 0.3) is 0 Å². The molecule has 6 aromatic rings. The topological polar surface area (TPSA) is 17.1 Å². The molecular weight excluding hydrogens is 491 g/mol. The Kier molecular flexibility index (Phi) is 4.62. The molecule has 0 unspecified atom stereocenters. The van der Waals surface area contributed by atoms with Crippen LogP contribution in [0.5, 0.6) is 0 Å². The van der Waals surface area contributed by atoms with Crippen molar-refractivity contribution in [3.05, 3.63) is 150 Å². The van der Waals surface area contributed by atoms with E-state index in [1.807, 2.05) is 25.5 Å². The summed E-state index contributed by atoms with van der Waals surface area (Å²) in [4.78, 5) is 0. The van der Waals surface area contributed by atoms with Gasteiger partial charge in [0.15, 0.2) is 0 Å². The number of hydrogen-bond donors (Lipinski definition) is 0. The van der Waals surface area contributed by atoms with Gasteiger partial charge in [0.2, 0.25) is 0 Å². The van der Waals surface area contributed by atoms with Crippen molar-refractivity contribution in [1.29, 1.82) is 0 Å². The zero-order chi connectivity index (χ0) is 26.4. The Morgan fingerprint density at radius 1 is 0.462 bits per heavy atom. The third-order valence-electron chi connectivity index (χ3n) is 8.78. The molecule has 0 N–H and O–H groups in total. The second kappa shape index (κ2) is 7.92. The van der Waals surface area contributed by atoms with Crippen LogP contribution in [-0.4, -0.2) is 13.3 Å². The van der Waals surface area contributed by atoms with Crippen molar-refractivity contribution in [2.24, 2.45) is 0 Å². The van der Waals surface area contributed by atoms with E-state index in [2.05, 4.69) is 115 Å². The van der Waals surface area contributed by atoms with E-state index in [0.29, 0.717) is 0 Å². The average Bonchev–Trinajstić information content (AvgIpc) is 3.42. The van der Waals surface area contributed by atoms with Crippen LogP contribution < -0.4 is 5.30 Å². The molecule has 0 aromatic heterocycles. The Bertz CT molecular complexity index is 1960. The van der Waals surface area contributed by atoms with Gasteiger partial charge in [-0.3, -0.25) is 0 Å². The predicted molar refractivity (Wildman–Crippen MR) is 165 cm³/mol. The van der Waals surface area contributed by atoms with Crippen LogP contribution in [0.25, 0.3) is 44.2 Å². The highest BCUT2D eigenvalue weighted by Gasteiger charge is 2.51. The van der Waals surface area contributed by atoms with Gasteiger partial charge in [-0.25, -0.2) is 0 Å². The monoisotopic (exact) mass is 518 g/mol. The highest BCUT2D eigenvalue weighted by atomic mass is 31.2. The summed E-state index contributed by atoms with van der Waals surface area (Å²) in [6.45, 7) is 3.65. The fourth-order valence-corrected chi connectivity index (χ4v) is 7.90. The molecule has 0 radical (unpaired) electrons. The molecule has 0 amide bonds. The van der Waals surface area contributed by atoms with Crippen LogP contribution in [0.3, 0.4) is 0 Å². The predicted octanol–water partition coefficient (Wildman–Crippen LogP) is 9.10. The lowest BCUT2D eigenvalue weighted by Crippen LogP contribution is -2.25. The van der Waals surface area contributed by atoms with Crippen molar-refractivity contribution in [3.63, 3.8) is 0 Å². The number of benzene rings is 6.